The molecule has 0 radical (unpaired) electrons. The summed E-state index contributed by atoms with van der Waals surface area (Å²) in [7, 11) is 0. The summed E-state index contributed by atoms with van der Waals surface area (Å²) in [5, 5.41) is 23.1. The van der Waals surface area contributed by atoms with E-state index in [-0.39, 0.29) is 18.5 Å². The van der Waals surface area contributed by atoms with Crippen molar-refractivity contribution in [2.75, 3.05) is 13.2 Å². The van der Waals surface area contributed by atoms with E-state index in [9.17, 15) is 19.8 Å². The van der Waals surface area contributed by atoms with Gasteiger partial charge in [-0.2, -0.15) is 0 Å². The van der Waals surface area contributed by atoms with Gasteiger partial charge in [0, 0.05) is 12.8 Å². The highest BCUT2D eigenvalue weighted by atomic mass is 16.5. The van der Waals surface area contributed by atoms with Crippen LogP contribution in [0.4, 0.5) is 0 Å². The van der Waals surface area contributed by atoms with Gasteiger partial charge < -0.3 is 20.3 Å². The Labute approximate surface area is 330 Å². The lowest BCUT2D eigenvalue weighted by Gasteiger charge is -2.22. The van der Waals surface area contributed by atoms with E-state index in [0.29, 0.717) is 25.9 Å². The van der Waals surface area contributed by atoms with E-state index < -0.39 is 12.1 Å². The Morgan fingerprint density at radius 2 is 0.774 bits per heavy atom. The number of hydrogen-bond donors (Lipinski definition) is 3. The zero-order valence-corrected chi connectivity index (χ0v) is 35.8. The van der Waals surface area contributed by atoms with Gasteiger partial charge in [0.25, 0.3) is 0 Å². The van der Waals surface area contributed by atoms with Gasteiger partial charge >= 0.3 is 5.97 Å². The van der Waals surface area contributed by atoms with Crippen molar-refractivity contribution in [3.05, 3.63) is 0 Å². The fourth-order valence-corrected chi connectivity index (χ4v) is 7.46. The van der Waals surface area contributed by atoms with Crippen LogP contribution in [0.1, 0.15) is 264 Å². The van der Waals surface area contributed by atoms with Crippen molar-refractivity contribution < 1.29 is 24.5 Å². The van der Waals surface area contributed by atoms with Gasteiger partial charge in [-0.15, -0.1) is 0 Å². The summed E-state index contributed by atoms with van der Waals surface area (Å²) >= 11 is 0. The maximum Gasteiger partial charge on any atom is 0.305 e. The standard InChI is InChI=1S/C47H93NO5/c1-3-5-7-9-11-13-15-17-19-23-27-31-35-39-45(50)44(43-49)48-46(51)40-36-32-28-24-20-18-22-26-30-34-38-42-53-47(52)41-37-33-29-25-21-16-14-12-10-8-6-4-2/h44-45,49-50H,3-43H2,1-2H3,(H,48,51). The second kappa shape index (κ2) is 43.6. The first kappa shape index (κ1) is 51.9. The quantitative estimate of drug-likeness (QED) is 0.0425. The largest absolute Gasteiger partial charge is 0.466 e. The predicted octanol–water partition coefficient (Wildman–Crippen LogP) is 13.6. The molecule has 0 aliphatic heterocycles. The van der Waals surface area contributed by atoms with Crippen molar-refractivity contribution in [2.45, 2.75) is 276 Å². The highest BCUT2D eigenvalue weighted by molar-refractivity contribution is 5.76. The normalized spacial score (nSPS) is 12.6. The molecule has 0 aromatic heterocycles. The highest BCUT2D eigenvalue weighted by Crippen LogP contribution is 2.16. The number of rotatable bonds is 44. The van der Waals surface area contributed by atoms with Crippen LogP contribution in [0, 0.1) is 0 Å². The molecule has 53 heavy (non-hydrogen) atoms. The molecule has 2 atom stereocenters. The summed E-state index contributed by atoms with van der Waals surface area (Å²) in [4.78, 5) is 24.4. The number of amides is 1. The summed E-state index contributed by atoms with van der Waals surface area (Å²) in [6.45, 7) is 4.91. The number of aliphatic hydroxyl groups is 2. The van der Waals surface area contributed by atoms with Crippen LogP contribution in [0.25, 0.3) is 0 Å². The average molecular weight is 752 g/mol. The minimum Gasteiger partial charge on any atom is -0.466 e. The predicted molar refractivity (Wildman–Crippen MR) is 227 cm³/mol. The molecule has 0 heterocycles. The fourth-order valence-electron chi connectivity index (χ4n) is 7.46. The first-order valence-corrected chi connectivity index (χ1v) is 23.8. The summed E-state index contributed by atoms with van der Waals surface area (Å²) in [6, 6.07) is -0.552. The van der Waals surface area contributed by atoms with Crippen LogP contribution < -0.4 is 5.32 Å². The lowest BCUT2D eigenvalue weighted by molar-refractivity contribution is -0.143. The molecule has 0 saturated heterocycles. The highest BCUT2D eigenvalue weighted by Gasteiger charge is 2.20. The van der Waals surface area contributed by atoms with Crippen LogP contribution in [0.5, 0.6) is 0 Å². The van der Waals surface area contributed by atoms with E-state index >= 15 is 0 Å². The molecular formula is C47H93NO5. The van der Waals surface area contributed by atoms with Crippen LogP contribution in [-0.4, -0.2) is 47.4 Å². The maximum absolute atomic E-state index is 12.4. The number of unbranched alkanes of at least 4 members (excludes halogenated alkanes) is 33. The molecule has 6 heteroatoms. The van der Waals surface area contributed by atoms with Crippen LogP contribution in [-0.2, 0) is 14.3 Å². The van der Waals surface area contributed by atoms with Gasteiger partial charge in [-0.25, -0.2) is 0 Å². The zero-order chi connectivity index (χ0) is 38.7. The third kappa shape index (κ3) is 40.3. The molecule has 0 rings (SSSR count). The number of carbonyl (C=O) groups is 2. The summed E-state index contributed by atoms with van der Waals surface area (Å²) in [6.07, 6.45) is 46.2. The third-order valence-electron chi connectivity index (χ3n) is 11.2. The molecule has 0 aromatic rings. The lowest BCUT2D eigenvalue weighted by atomic mass is 10.0. The van der Waals surface area contributed by atoms with E-state index in [2.05, 4.69) is 19.2 Å². The van der Waals surface area contributed by atoms with Crippen molar-refractivity contribution in [1.29, 1.82) is 0 Å². The maximum atomic E-state index is 12.4. The number of nitrogens with one attached hydrogen (secondary N) is 1. The summed E-state index contributed by atoms with van der Waals surface area (Å²) in [5.74, 6) is -0.0657. The van der Waals surface area contributed by atoms with Crippen molar-refractivity contribution >= 4 is 11.9 Å². The number of hydrogen-bond acceptors (Lipinski definition) is 5. The molecule has 1 amide bonds. The van der Waals surface area contributed by atoms with Crippen molar-refractivity contribution in [2.24, 2.45) is 0 Å². The van der Waals surface area contributed by atoms with Gasteiger partial charge in [0.05, 0.1) is 25.4 Å². The van der Waals surface area contributed by atoms with Crippen molar-refractivity contribution in [3.63, 3.8) is 0 Å². The molecule has 0 aliphatic rings. The molecule has 0 fully saturated rings. The molecule has 0 aliphatic carbocycles. The number of aliphatic hydroxyl groups excluding tert-OH is 2. The topological polar surface area (TPSA) is 95.9 Å². The van der Waals surface area contributed by atoms with Crippen molar-refractivity contribution in [3.8, 4) is 0 Å². The molecular weight excluding hydrogens is 659 g/mol. The van der Waals surface area contributed by atoms with Gasteiger partial charge in [-0.3, -0.25) is 9.59 Å². The van der Waals surface area contributed by atoms with Gasteiger partial charge in [0.2, 0.25) is 5.91 Å². The Morgan fingerprint density at radius 3 is 1.15 bits per heavy atom. The fraction of sp³-hybridized carbons (Fsp3) is 0.957. The van der Waals surface area contributed by atoms with Crippen LogP contribution in [0.2, 0.25) is 0 Å². The molecule has 316 valence electrons. The SMILES string of the molecule is CCCCCCCCCCCCCCCC(O)C(CO)NC(=O)CCCCCCCCCCCCCOC(=O)CCCCCCCCCCCCCC. The number of carbonyl (C=O) groups excluding carboxylic acids is 2. The smallest absolute Gasteiger partial charge is 0.305 e. The average Bonchev–Trinajstić information content (AvgIpc) is 3.16. The van der Waals surface area contributed by atoms with E-state index in [0.717, 1.165) is 57.8 Å². The lowest BCUT2D eigenvalue weighted by Crippen LogP contribution is -2.45. The summed E-state index contributed by atoms with van der Waals surface area (Å²) < 4.78 is 5.44. The molecule has 2 unspecified atom stereocenters. The molecule has 0 bridgehead atoms. The van der Waals surface area contributed by atoms with Gasteiger partial charge in [-0.05, 0) is 25.7 Å². The minimum atomic E-state index is -0.673. The monoisotopic (exact) mass is 752 g/mol. The van der Waals surface area contributed by atoms with Crippen LogP contribution in [0.3, 0.4) is 0 Å². The Hall–Kier alpha value is -1.14. The molecule has 0 spiro atoms. The Bertz CT molecular complexity index is 746. The Kier molecular flexibility index (Phi) is 42.6. The molecule has 0 aromatic carbocycles. The van der Waals surface area contributed by atoms with E-state index in [1.807, 2.05) is 0 Å². The second-order valence-corrected chi connectivity index (χ2v) is 16.5. The van der Waals surface area contributed by atoms with Gasteiger partial charge in [0.15, 0.2) is 0 Å². The zero-order valence-electron chi connectivity index (χ0n) is 35.8. The third-order valence-corrected chi connectivity index (χ3v) is 11.2. The Balaban J connectivity index is 3.46. The van der Waals surface area contributed by atoms with Crippen LogP contribution >= 0.6 is 0 Å². The number of esters is 1. The van der Waals surface area contributed by atoms with Crippen LogP contribution in [0.15, 0.2) is 0 Å². The van der Waals surface area contributed by atoms with E-state index in [4.69, 9.17) is 4.74 Å². The molecule has 6 nitrogen and oxygen atoms in total. The molecule has 0 saturated carbocycles. The first-order valence-electron chi connectivity index (χ1n) is 23.8. The first-order chi connectivity index (χ1) is 26.0. The minimum absolute atomic E-state index is 0.0127. The van der Waals surface area contributed by atoms with Gasteiger partial charge in [-0.1, -0.05) is 226 Å². The molecule has 3 N–H and O–H groups in total. The van der Waals surface area contributed by atoms with Gasteiger partial charge in [0.1, 0.15) is 0 Å². The second-order valence-electron chi connectivity index (χ2n) is 16.5. The van der Waals surface area contributed by atoms with E-state index in [1.54, 1.807) is 0 Å². The van der Waals surface area contributed by atoms with E-state index in [1.165, 1.54) is 173 Å². The number of ether oxygens (including phenoxy) is 1. The Morgan fingerprint density at radius 1 is 0.453 bits per heavy atom. The summed E-state index contributed by atoms with van der Waals surface area (Å²) in [5.41, 5.74) is 0. The van der Waals surface area contributed by atoms with Crippen molar-refractivity contribution in [1.82, 2.24) is 5.32 Å².